The lowest BCUT2D eigenvalue weighted by molar-refractivity contribution is -0.132. The van der Waals surface area contributed by atoms with Crippen LogP contribution in [0.3, 0.4) is 0 Å². The zero-order valence-electron chi connectivity index (χ0n) is 18.1. The van der Waals surface area contributed by atoms with Crippen LogP contribution in [0.4, 0.5) is 0 Å². The maximum Gasteiger partial charge on any atom is 0.266 e. The summed E-state index contributed by atoms with van der Waals surface area (Å²) in [6.45, 7) is 10.0. The van der Waals surface area contributed by atoms with Crippen molar-refractivity contribution in [2.75, 3.05) is 7.05 Å². The number of hydrogen-bond donors (Lipinski definition) is 0. The first-order chi connectivity index (χ1) is 13.7. The van der Waals surface area contributed by atoms with Gasteiger partial charge < -0.3 is 4.90 Å². The highest BCUT2D eigenvalue weighted by molar-refractivity contribution is 5.79. The van der Waals surface area contributed by atoms with Gasteiger partial charge >= 0.3 is 0 Å². The van der Waals surface area contributed by atoms with E-state index in [9.17, 15) is 9.59 Å². The molecule has 29 heavy (non-hydrogen) atoms. The Morgan fingerprint density at radius 2 is 1.76 bits per heavy atom. The molecule has 1 heterocycles. The lowest BCUT2D eigenvalue weighted by Gasteiger charge is -2.27. The lowest BCUT2D eigenvalue weighted by atomic mass is 10.1. The van der Waals surface area contributed by atoms with Crippen LogP contribution in [0.15, 0.2) is 47.3 Å². The predicted molar refractivity (Wildman–Crippen MR) is 117 cm³/mol. The van der Waals surface area contributed by atoms with Gasteiger partial charge in [0.05, 0.1) is 22.6 Å². The Hall–Kier alpha value is -2.95. The van der Waals surface area contributed by atoms with E-state index in [0.717, 1.165) is 16.8 Å². The van der Waals surface area contributed by atoms with Crippen molar-refractivity contribution in [1.82, 2.24) is 14.5 Å². The normalized spacial score (nSPS) is 12.4. The smallest absolute Gasteiger partial charge is 0.266 e. The predicted octanol–water partition coefficient (Wildman–Crippen LogP) is 4.57. The molecule has 0 aliphatic rings. The maximum absolute atomic E-state index is 13.4. The van der Waals surface area contributed by atoms with Crippen molar-refractivity contribution >= 4 is 16.8 Å². The van der Waals surface area contributed by atoms with E-state index in [0.29, 0.717) is 23.1 Å². The number of aryl methyl sites for hydroxylation is 2. The highest BCUT2D eigenvalue weighted by Gasteiger charge is 2.24. The van der Waals surface area contributed by atoms with Gasteiger partial charge in [-0.05, 0) is 62.1 Å². The first kappa shape index (κ1) is 20.8. The average Bonchev–Trinajstić information content (AvgIpc) is 2.68. The Bertz CT molecular complexity index is 1110. The van der Waals surface area contributed by atoms with Gasteiger partial charge in [-0.25, -0.2) is 4.98 Å². The second kappa shape index (κ2) is 8.19. The monoisotopic (exact) mass is 391 g/mol. The first-order valence-electron chi connectivity index (χ1n) is 10.1. The molecule has 0 bridgehead atoms. The number of hydrogen-bond acceptors (Lipinski definition) is 3. The van der Waals surface area contributed by atoms with E-state index in [-0.39, 0.29) is 23.4 Å². The Labute approximate surface area is 172 Å². The van der Waals surface area contributed by atoms with Crippen LogP contribution in [-0.4, -0.2) is 27.4 Å². The summed E-state index contributed by atoms with van der Waals surface area (Å²) in [7, 11) is 1.78. The van der Waals surface area contributed by atoms with E-state index < -0.39 is 0 Å². The summed E-state index contributed by atoms with van der Waals surface area (Å²) in [5.74, 6) is 0.877. The fourth-order valence-corrected chi connectivity index (χ4v) is 3.43. The number of fused-ring (bicyclic) bond motifs is 1. The molecule has 5 heteroatoms. The SMILES string of the molecule is Cc1ccc(-n2c(C(C)N(C)C(=O)CC(C)C)nc3ccccc3c2=O)cc1C. The standard InChI is InChI=1S/C24H29N3O2/c1-15(2)13-22(28)26(6)18(5)23-25-21-10-8-7-9-20(21)24(29)27(23)19-12-11-16(3)17(4)14-19/h7-12,14-15,18H,13H2,1-6H3. The molecule has 3 rings (SSSR count). The Balaban J connectivity index is 2.23. The van der Waals surface area contributed by atoms with Gasteiger partial charge in [-0.2, -0.15) is 0 Å². The summed E-state index contributed by atoms with van der Waals surface area (Å²) in [6, 6.07) is 13.0. The highest BCUT2D eigenvalue weighted by atomic mass is 16.2. The molecule has 0 N–H and O–H groups in total. The number of benzene rings is 2. The topological polar surface area (TPSA) is 55.2 Å². The molecule has 1 amide bonds. The van der Waals surface area contributed by atoms with Crippen molar-refractivity contribution < 1.29 is 4.79 Å². The number of para-hydroxylation sites is 1. The van der Waals surface area contributed by atoms with Gasteiger partial charge in [-0.3, -0.25) is 14.2 Å². The summed E-state index contributed by atoms with van der Waals surface area (Å²) < 4.78 is 1.65. The molecule has 152 valence electrons. The molecular formula is C24H29N3O2. The molecule has 2 aromatic carbocycles. The van der Waals surface area contributed by atoms with Crippen LogP contribution in [0.5, 0.6) is 0 Å². The van der Waals surface area contributed by atoms with Crippen LogP contribution in [0, 0.1) is 19.8 Å². The highest BCUT2D eigenvalue weighted by Crippen LogP contribution is 2.24. The molecule has 1 unspecified atom stereocenters. The molecule has 0 fully saturated rings. The minimum atomic E-state index is -0.347. The van der Waals surface area contributed by atoms with Crippen LogP contribution in [0.25, 0.3) is 16.6 Å². The van der Waals surface area contributed by atoms with Gasteiger partial charge in [-0.1, -0.05) is 32.0 Å². The fourth-order valence-electron chi connectivity index (χ4n) is 3.43. The number of nitrogens with zero attached hydrogens (tertiary/aromatic N) is 3. The average molecular weight is 392 g/mol. The molecule has 0 aliphatic carbocycles. The first-order valence-corrected chi connectivity index (χ1v) is 10.1. The number of carbonyl (C=O) groups is 1. The largest absolute Gasteiger partial charge is 0.336 e. The summed E-state index contributed by atoms with van der Waals surface area (Å²) >= 11 is 0. The molecule has 0 spiro atoms. The molecule has 3 aromatic rings. The van der Waals surface area contributed by atoms with Crippen molar-refractivity contribution in [2.45, 2.75) is 47.1 Å². The number of amides is 1. The van der Waals surface area contributed by atoms with E-state index >= 15 is 0 Å². The molecule has 0 radical (unpaired) electrons. The van der Waals surface area contributed by atoms with Crippen LogP contribution in [-0.2, 0) is 4.79 Å². The third-order valence-electron chi connectivity index (χ3n) is 5.48. The van der Waals surface area contributed by atoms with Gasteiger partial charge in [0.1, 0.15) is 5.82 Å². The number of carbonyl (C=O) groups excluding carboxylic acids is 1. The zero-order chi connectivity index (χ0) is 21.3. The minimum Gasteiger partial charge on any atom is -0.336 e. The van der Waals surface area contributed by atoms with Crippen LogP contribution in [0.2, 0.25) is 0 Å². The van der Waals surface area contributed by atoms with Crippen LogP contribution >= 0.6 is 0 Å². The van der Waals surface area contributed by atoms with Crippen molar-refractivity contribution in [1.29, 1.82) is 0 Å². The Kier molecular flexibility index (Phi) is 5.87. The van der Waals surface area contributed by atoms with Crippen molar-refractivity contribution in [2.24, 2.45) is 5.92 Å². The van der Waals surface area contributed by atoms with E-state index in [1.165, 1.54) is 0 Å². The van der Waals surface area contributed by atoms with Gasteiger partial charge in [0, 0.05) is 13.5 Å². The number of rotatable bonds is 5. The second-order valence-electron chi connectivity index (χ2n) is 8.17. The third kappa shape index (κ3) is 4.09. The molecule has 0 aliphatic heterocycles. The molecule has 0 saturated heterocycles. The summed E-state index contributed by atoms with van der Waals surface area (Å²) in [5.41, 5.74) is 3.55. The van der Waals surface area contributed by atoms with Crippen molar-refractivity contribution in [3.05, 3.63) is 69.8 Å². The molecule has 0 saturated carbocycles. The summed E-state index contributed by atoms with van der Waals surface area (Å²) in [5, 5.41) is 0.567. The van der Waals surface area contributed by atoms with Crippen molar-refractivity contribution in [3.8, 4) is 5.69 Å². The van der Waals surface area contributed by atoms with E-state index in [1.54, 1.807) is 22.6 Å². The zero-order valence-corrected chi connectivity index (χ0v) is 18.1. The number of aromatic nitrogens is 2. The van der Waals surface area contributed by atoms with Gasteiger partial charge in [0.25, 0.3) is 5.56 Å². The van der Waals surface area contributed by atoms with E-state index in [1.807, 2.05) is 71.0 Å². The summed E-state index contributed by atoms with van der Waals surface area (Å²) in [6.07, 6.45) is 0.461. The van der Waals surface area contributed by atoms with Gasteiger partial charge in [0.2, 0.25) is 5.91 Å². The lowest BCUT2D eigenvalue weighted by Crippen LogP contribution is -2.35. The van der Waals surface area contributed by atoms with Gasteiger partial charge in [-0.15, -0.1) is 0 Å². The minimum absolute atomic E-state index is 0.0431. The molecule has 5 nitrogen and oxygen atoms in total. The molecule has 1 aromatic heterocycles. The summed E-state index contributed by atoms with van der Waals surface area (Å²) in [4.78, 5) is 32.6. The third-order valence-corrected chi connectivity index (χ3v) is 5.48. The van der Waals surface area contributed by atoms with E-state index in [4.69, 9.17) is 4.98 Å². The van der Waals surface area contributed by atoms with Crippen molar-refractivity contribution in [3.63, 3.8) is 0 Å². The Morgan fingerprint density at radius 1 is 1.07 bits per heavy atom. The van der Waals surface area contributed by atoms with Gasteiger partial charge in [0.15, 0.2) is 0 Å². The Morgan fingerprint density at radius 3 is 2.41 bits per heavy atom. The second-order valence-corrected chi connectivity index (χ2v) is 8.17. The molecule has 1 atom stereocenters. The molecular weight excluding hydrogens is 362 g/mol. The fraction of sp³-hybridized carbons (Fsp3) is 0.375. The maximum atomic E-state index is 13.4. The van der Waals surface area contributed by atoms with Crippen LogP contribution < -0.4 is 5.56 Å². The van der Waals surface area contributed by atoms with Crippen LogP contribution in [0.1, 0.15) is 50.2 Å². The quantitative estimate of drug-likeness (QED) is 0.640. The van der Waals surface area contributed by atoms with E-state index in [2.05, 4.69) is 0 Å².